The highest BCUT2D eigenvalue weighted by molar-refractivity contribution is 6.06. The van der Waals surface area contributed by atoms with Crippen molar-refractivity contribution in [3.05, 3.63) is 63.5 Å². The van der Waals surface area contributed by atoms with Crippen molar-refractivity contribution in [3.8, 4) is 11.1 Å². The van der Waals surface area contributed by atoms with Crippen molar-refractivity contribution in [2.45, 2.75) is 59.4 Å². The van der Waals surface area contributed by atoms with Crippen LogP contribution in [0, 0.1) is 5.41 Å². The quantitative estimate of drug-likeness (QED) is 0.457. The van der Waals surface area contributed by atoms with Crippen LogP contribution in [0.4, 0.5) is 11.5 Å². The molecule has 9 nitrogen and oxygen atoms in total. The van der Waals surface area contributed by atoms with Gasteiger partial charge in [0.15, 0.2) is 0 Å². The average Bonchev–Trinajstić information content (AvgIpc) is 3.33. The molecule has 0 radical (unpaired) electrons. The summed E-state index contributed by atoms with van der Waals surface area (Å²) in [6, 6.07) is 5.45. The number of amides is 1. The summed E-state index contributed by atoms with van der Waals surface area (Å²) in [7, 11) is 1.64. The molecule has 0 spiro atoms. The van der Waals surface area contributed by atoms with Gasteiger partial charge in [-0.05, 0) is 54.0 Å². The van der Waals surface area contributed by atoms with Crippen molar-refractivity contribution in [2.75, 3.05) is 16.8 Å². The summed E-state index contributed by atoms with van der Waals surface area (Å²) in [6.07, 6.45) is 4.80. The van der Waals surface area contributed by atoms with Crippen LogP contribution in [-0.2, 0) is 33.0 Å². The molecule has 9 heteroatoms. The second-order valence-corrected chi connectivity index (χ2v) is 10.6. The minimum absolute atomic E-state index is 0.123. The fraction of sp³-hybridized carbons (Fsp3) is 0.444. The SMILES string of the molecule is CCC(O)Nc1cc(-c2ccnc(N3CCn4c(cc5c4CC(C)(C)C5)C3=O)c2CO)cn(C)c1=O. The number of aryl methyl sites for hydroxylation is 1. The lowest BCUT2D eigenvalue weighted by atomic mass is 9.90. The maximum atomic E-state index is 13.6. The third-order valence-electron chi connectivity index (χ3n) is 7.27. The lowest BCUT2D eigenvalue weighted by molar-refractivity contribution is 0.0962. The van der Waals surface area contributed by atoms with Gasteiger partial charge in [0, 0.05) is 49.4 Å². The number of pyridine rings is 2. The highest BCUT2D eigenvalue weighted by Crippen LogP contribution is 2.40. The molecule has 2 aliphatic rings. The van der Waals surface area contributed by atoms with E-state index < -0.39 is 6.23 Å². The Hall–Kier alpha value is -3.43. The van der Waals surface area contributed by atoms with Crippen molar-refractivity contribution in [1.82, 2.24) is 14.1 Å². The molecule has 36 heavy (non-hydrogen) atoms. The summed E-state index contributed by atoms with van der Waals surface area (Å²) >= 11 is 0. The summed E-state index contributed by atoms with van der Waals surface area (Å²) in [4.78, 5) is 32.4. The van der Waals surface area contributed by atoms with E-state index in [0.29, 0.717) is 47.7 Å². The normalized spacial score (nSPS) is 17.2. The molecule has 0 bridgehead atoms. The number of fused-ring (bicyclic) bond motifs is 3. The number of carbonyl (C=O) groups excluding carboxylic acids is 1. The number of nitrogens with one attached hydrogen (secondary N) is 1. The van der Waals surface area contributed by atoms with E-state index in [2.05, 4.69) is 28.7 Å². The largest absolute Gasteiger partial charge is 0.392 e. The minimum atomic E-state index is -0.854. The molecule has 1 amide bonds. The van der Waals surface area contributed by atoms with Gasteiger partial charge in [-0.2, -0.15) is 0 Å². The molecular formula is C27H33N5O4. The first-order chi connectivity index (χ1) is 17.1. The molecule has 0 aromatic carbocycles. The number of hydrogen-bond acceptors (Lipinski definition) is 6. The topological polar surface area (TPSA) is 113 Å². The number of nitrogens with zero attached hydrogens (tertiary/aromatic N) is 4. The van der Waals surface area contributed by atoms with Crippen LogP contribution in [0.2, 0.25) is 0 Å². The van der Waals surface area contributed by atoms with Crippen molar-refractivity contribution in [1.29, 1.82) is 0 Å². The van der Waals surface area contributed by atoms with Crippen LogP contribution in [0.15, 0.2) is 35.4 Å². The monoisotopic (exact) mass is 491 g/mol. The Kier molecular flexibility index (Phi) is 6.00. The van der Waals surface area contributed by atoms with Gasteiger partial charge in [0.2, 0.25) is 0 Å². The lowest BCUT2D eigenvalue weighted by Crippen LogP contribution is -2.41. The van der Waals surface area contributed by atoms with E-state index in [-0.39, 0.29) is 29.2 Å². The zero-order valence-electron chi connectivity index (χ0n) is 21.2. The first-order valence-electron chi connectivity index (χ1n) is 12.4. The molecule has 0 saturated carbocycles. The van der Waals surface area contributed by atoms with E-state index >= 15 is 0 Å². The second kappa shape index (κ2) is 8.90. The third-order valence-corrected chi connectivity index (χ3v) is 7.27. The van der Waals surface area contributed by atoms with Gasteiger partial charge in [0.25, 0.3) is 11.5 Å². The Morgan fingerprint density at radius 2 is 1.97 bits per heavy atom. The van der Waals surface area contributed by atoms with Gasteiger partial charge in [-0.1, -0.05) is 20.8 Å². The summed E-state index contributed by atoms with van der Waals surface area (Å²) in [6.45, 7) is 7.13. The van der Waals surface area contributed by atoms with E-state index in [9.17, 15) is 19.8 Å². The Bertz CT molecular complexity index is 1400. The summed E-state index contributed by atoms with van der Waals surface area (Å²) in [5, 5.41) is 23.3. The molecule has 1 unspecified atom stereocenters. The van der Waals surface area contributed by atoms with Gasteiger partial charge in [-0.25, -0.2) is 4.98 Å². The number of aliphatic hydroxyl groups excluding tert-OH is 2. The molecular weight excluding hydrogens is 458 g/mol. The first kappa shape index (κ1) is 24.3. The molecule has 3 aromatic rings. The van der Waals surface area contributed by atoms with Gasteiger partial charge < -0.3 is 24.7 Å². The molecule has 3 aromatic heterocycles. The van der Waals surface area contributed by atoms with E-state index in [0.717, 1.165) is 12.8 Å². The molecule has 1 aliphatic carbocycles. The van der Waals surface area contributed by atoms with Crippen LogP contribution in [0.1, 0.15) is 54.5 Å². The number of rotatable bonds is 6. The molecule has 5 rings (SSSR count). The van der Waals surface area contributed by atoms with Gasteiger partial charge in [0.1, 0.15) is 23.4 Å². The van der Waals surface area contributed by atoms with E-state index in [4.69, 9.17) is 0 Å². The molecule has 1 aliphatic heterocycles. The number of carbonyl (C=O) groups is 1. The summed E-state index contributed by atoms with van der Waals surface area (Å²) in [5.41, 5.74) is 5.23. The molecule has 1 atom stereocenters. The van der Waals surface area contributed by atoms with Crippen molar-refractivity contribution in [2.24, 2.45) is 12.5 Å². The summed E-state index contributed by atoms with van der Waals surface area (Å²) < 4.78 is 3.58. The maximum absolute atomic E-state index is 13.6. The van der Waals surface area contributed by atoms with Crippen LogP contribution < -0.4 is 15.8 Å². The standard InChI is InChI=1S/C27H33N5O4/c1-5-23(34)29-20-10-17(14-30(4)25(20)35)18-6-7-28-24(19(18)15-33)32-9-8-31-21(26(32)36)11-16-12-27(2,3)13-22(16)31/h6-7,10-11,14,23,29,33-34H,5,8-9,12-13,15H2,1-4H3. The van der Waals surface area contributed by atoms with Crippen LogP contribution in [0.3, 0.4) is 0 Å². The van der Waals surface area contributed by atoms with E-state index in [1.54, 1.807) is 36.5 Å². The second-order valence-electron chi connectivity index (χ2n) is 10.6. The zero-order valence-corrected chi connectivity index (χ0v) is 21.2. The first-order valence-corrected chi connectivity index (χ1v) is 12.4. The molecule has 0 saturated heterocycles. The number of aromatic nitrogens is 3. The molecule has 3 N–H and O–H groups in total. The smallest absolute Gasteiger partial charge is 0.276 e. The van der Waals surface area contributed by atoms with E-state index in [1.807, 2.05) is 13.0 Å². The summed E-state index contributed by atoms with van der Waals surface area (Å²) in [5.74, 6) is 0.298. The highest BCUT2D eigenvalue weighted by Gasteiger charge is 2.37. The van der Waals surface area contributed by atoms with Crippen LogP contribution >= 0.6 is 0 Å². The third kappa shape index (κ3) is 4.02. The number of hydrogen-bond donors (Lipinski definition) is 3. The fourth-order valence-electron chi connectivity index (χ4n) is 5.50. The van der Waals surface area contributed by atoms with Crippen LogP contribution in [0.25, 0.3) is 11.1 Å². The molecule has 190 valence electrons. The van der Waals surface area contributed by atoms with Gasteiger partial charge >= 0.3 is 0 Å². The molecule has 4 heterocycles. The zero-order chi connectivity index (χ0) is 25.8. The predicted molar refractivity (Wildman–Crippen MR) is 138 cm³/mol. The maximum Gasteiger partial charge on any atom is 0.276 e. The van der Waals surface area contributed by atoms with E-state index in [1.165, 1.54) is 15.8 Å². The highest BCUT2D eigenvalue weighted by atomic mass is 16.3. The van der Waals surface area contributed by atoms with Crippen molar-refractivity contribution >= 4 is 17.4 Å². The Labute approximate surface area is 210 Å². The van der Waals surface area contributed by atoms with Crippen LogP contribution in [0.5, 0.6) is 0 Å². The van der Waals surface area contributed by atoms with Crippen molar-refractivity contribution < 1.29 is 15.0 Å². The Morgan fingerprint density at radius 1 is 1.19 bits per heavy atom. The number of anilines is 2. The number of aliphatic hydroxyl groups is 2. The molecule has 0 fully saturated rings. The Morgan fingerprint density at radius 3 is 2.69 bits per heavy atom. The van der Waals surface area contributed by atoms with Gasteiger partial charge in [0.05, 0.1) is 6.61 Å². The lowest BCUT2D eigenvalue weighted by Gasteiger charge is -2.31. The van der Waals surface area contributed by atoms with Crippen LogP contribution in [-0.4, -0.2) is 43.0 Å². The predicted octanol–water partition coefficient (Wildman–Crippen LogP) is 2.67. The van der Waals surface area contributed by atoms with Gasteiger partial charge in [-0.15, -0.1) is 0 Å². The van der Waals surface area contributed by atoms with Gasteiger partial charge in [-0.3, -0.25) is 14.5 Å². The average molecular weight is 492 g/mol. The Balaban J connectivity index is 1.54. The fourth-order valence-corrected chi connectivity index (χ4v) is 5.50. The van der Waals surface area contributed by atoms with Crippen molar-refractivity contribution in [3.63, 3.8) is 0 Å². The minimum Gasteiger partial charge on any atom is -0.392 e.